The summed E-state index contributed by atoms with van der Waals surface area (Å²) in [6.07, 6.45) is 3.45. The van der Waals surface area contributed by atoms with E-state index in [4.69, 9.17) is 4.42 Å². The summed E-state index contributed by atoms with van der Waals surface area (Å²) in [5.41, 5.74) is 2.36. The van der Waals surface area contributed by atoms with Crippen LogP contribution >= 0.6 is 0 Å². The topological polar surface area (TPSA) is 13.1 Å². The van der Waals surface area contributed by atoms with Gasteiger partial charge in [0.15, 0.2) is 0 Å². The maximum Gasteiger partial charge on any atom is 0.142 e. The predicted octanol–water partition coefficient (Wildman–Crippen LogP) is 5.24. The van der Waals surface area contributed by atoms with Crippen molar-refractivity contribution in [1.29, 1.82) is 0 Å². The summed E-state index contributed by atoms with van der Waals surface area (Å²) in [6.45, 7) is 4.39. The molecule has 0 fully saturated rings. The van der Waals surface area contributed by atoms with Crippen LogP contribution in [0.2, 0.25) is 0 Å². The van der Waals surface area contributed by atoms with E-state index in [1.807, 2.05) is 0 Å². The van der Waals surface area contributed by atoms with E-state index in [1.165, 1.54) is 34.6 Å². The summed E-state index contributed by atoms with van der Waals surface area (Å²) >= 11 is 0. The summed E-state index contributed by atoms with van der Waals surface area (Å²) in [6, 6.07) is 12.8. The predicted molar refractivity (Wildman–Crippen MR) is 77.1 cm³/mol. The lowest BCUT2D eigenvalue weighted by Gasteiger charge is -1.97. The maximum absolute atomic E-state index is 6.11. The number of aryl methyl sites for hydroxylation is 2. The molecule has 0 aliphatic rings. The molecule has 1 nitrogen and oxygen atoms in total. The van der Waals surface area contributed by atoms with Crippen LogP contribution < -0.4 is 0 Å². The van der Waals surface area contributed by atoms with Crippen molar-refractivity contribution in [2.45, 2.75) is 33.1 Å². The zero-order valence-electron chi connectivity index (χ0n) is 11.0. The van der Waals surface area contributed by atoms with Crippen LogP contribution in [-0.4, -0.2) is 0 Å². The van der Waals surface area contributed by atoms with Crippen LogP contribution in [0.4, 0.5) is 0 Å². The highest BCUT2D eigenvalue weighted by molar-refractivity contribution is 6.05. The number of rotatable bonds is 3. The molecule has 2 aromatic carbocycles. The first kappa shape index (κ1) is 11.3. The Balaban J connectivity index is 2.25. The molecule has 3 aromatic rings. The van der Waals surface area contributed by atoms with Crippen molar-refractivity contribution < 1.29 is 4.42 Å². The van der Waals surface area contributed by atoms with Gasteiger partial charge in [0, 0.05) is 17.2 Å². The summed E-state index contributed by atoms with van der Waals surface area (Å²) in [7, 11) is 0. The van der Waals surface area contributed by atoms with Crippen molar-refractivity contribution in [3.8, 4) is 0 Å². The van der Waals surface area contributed by atoms with Gasteiger partial charge < -0.3 is 4.42 Å². The van der Waals surface area contributed by atoms with Crippen LogP contribution in [0.5, 0.6) is 0 Å². The van der Waals surface area contributed by atoms with E-state index in [0.29, 0.717) is 0 Å². The van der Waals surface area contributed by atoms with Crippen molar-refractivity contribution in [1.82, 2.24) is 0 Å². The fourth-order valence-corrected chi connectivity index (χ4v) is 2.57. The third-order valence-corrected chi connectivity index (χ3v) is 3.68. The molecule has 0 atom stereocenters. The minimum atomic E-state index is 1.05. The largest absolute Gasteiger partial charge is 0.460 e. The highest BCUT2D eigenvalue weighted by atomic mass is 16.3. The smallest absolute Gasteiger partial charge is 0.142 e. The fourth-order valence-electron chi connectivity index (χ4n) is 2.57. The molecule has 0 amide bonds. The van der Waals surface area contributed by atoms with E-state index < -0.39 is 0 Å². The molecule has 0 aliphatic heterocycles. The molecule has 18 heavy (non-hydrogen) atoms. The second-order valence-electron chi connectivity index (χ2n) is 4.92. The van der Waals surface area contributed by atoms with Crippen LogP contribution in [0.25, 0.3) is 21.7 Å². The number of unbranched alkanes of at least 4 members (excludes halogenated alkanes) is 1. The normalized spacial score (nSPS) is 11.4. The standard InChI is InChI=1S/C17H18O/c1-3-4-9-16-12(2)14-11-10-13-7-5-6-8-15(13)17(14)18-16/h5-8,10-11H,3-4,9H2,1-2H3. The highest BCUT2D eigenvalue weighted by Crippen LogP contribution is 2.32. The third-order valence-electron chi connectivity index (χ3n) is 3.68. The summed E-state index contributed by atoms with van der Waals surface area (Å²) < 4.78 is 6.11. The Morgan fingerprint density at radius 2 is 1.83 bits per heavy atom. The molecular formula is C17H18O. The minimum Gasteiger partial charge on any atom is -0.460 e. The molecule has 0 unspecified atom stereocenters. The lowest BCUT2D eigenvalue weighted by Crippen LogP contribution is -1.83. The van der Waals surface area contributed by atoms with Crippen LogP contribution in [0.1, 0.15) is 31.1 Å². The van der Waals surface area contributed by atoms with Crippen LogP contribution in [0.15, 0.2) is 40.8 Å². The SMILES string of the molecule is CCCCc1oc2c(ccc3ccccc32)c1C. The van der Waals surface area contributed by atoms with Gasteiger partial charge in [0.1, 0.15) is 11.3 Å². The van der Waals surface area contributed by atoms with E-state index in [0.717, 1.165) is 17.8 Å². The number of furan rings is 1. The van der Waals surface area contributed by atoms with Gasteiger partial charge in [-0.2, -0.15) is 0 Å². The van der Waals surface area contributed by atoms with E-state index in [9.17, 15) is 0 Å². The van der Waals surface area contributed by atoms with Crippen LogP contribution in [0.3, 0.4) is 0 Å². The zero-order valence-corrected chi connectivity index (χ0v) is 11.0. The van der Waals surface area contributed by atoms with Crippen molar-refractivity contribution in [3.63, 3.8) is 0 Å². The average Bonchev–Trinajstić information content (AvgIpc) is 2.74. The Kier molecular flexibility index (Phi) is 2.83. The molecule has 1 aromatic heterocycles. The van der Waals surface area contributed by atoms with E-state index in [1.54, 1.807) is 0 Å². The number of fused-ring (bicyclic) bond motifs is 3. The van der Waals surface area contributed by atoms with Gasteiger partial charge in [-0.25, -0.2) is 0 Å². The lowest BCUT2D eigenvalue weighted by atomic mass is 10.0. The molecule has 0 radical (unpaired) electrons. The van der Waals surface area contributed by atoms with E-state index >= 15 is 0 Å². The van der Waals surface area contributed by atoms with Gasteiger partial charge >= 0.3 is 0 Å². The van der Waals surface area contributed by atoms with E-state index in [2.05, 4.69) is 50.2 Å². The molecule has 1 heteroatoms. The molecule has 0 N–H and O–H groups in total. The van der Waals surface area contributed by atoms with Gasteiger partial charge in [-0.15, -0.1) is 0 Å². The number of hydrogen-bond acceptors (Lipinski definition) is 1. The van der Waals surface area contributed by atoms with Gasteiger partial charge in [-0.05, 0) is 24.3 Å². The van der Waals surface area contributed by atoms with Crippen molar-refractivity contribution >= 4 is 21.7 Å². The van der Waals surface area contributed by atoms with Gasteiger partial charge in [0.25, 0.3) is 0 Å². The van der Waals surface area contributed by atoms with Gasteiger partial charge in [-0.1, -0.05) is 49.7 Å². The highest BCUT2D eigenvalue weighted by Gasteiger charge is 2.12. The first-order valence-corrected chi connectivity index (χ1v) is 6.71. The van der Waals surface area contributed by atoms with E-state index in [-0.39, 0.29) is 0 Å². The molecule has 0 saturated carbocycles. The second kappa shape index (κ2) is 4.49. The van der Waals surface area contributed by atoms with Gasteiger partial charge in [-0.3, -0.25) is 0 Å². The Morgan fingerprint density at radius 3 is 2.67 bits per heavy atom. The number of benzene rings is 2. The third kappa shape index (κ3) is 1.71. The Bertz CT molecular complexity index is 691. The molecule has 92 valence electrons. The quantitative estimate of drug-likeness (QED) is 0.608. The first-order chi connectivity index (χ1) is 8.81. The van der Waals surface area contributed by atoms with Gasteiger partial charge in [0.2, 0.25) is 0 Å². The molecular weight excluding hydrogens is 220 g/mol. The maximum atomic E-state index is 6.11. The molecule has 0 spiro atoms. The number of hydrogen-bond donors (Lipinski definition) is 0. The minimum absolute atomic E-state index is 1.05. The van der Waals surface area contributed by atoms with Crippen molar-refractivity contribution in [3.05, 3.63) is 47.7 Å². The van der Waals surface area contributed by atoms with Crippen molar-refractivity contribution in [2.75, 3.05) is 0 Å². The molecule has 3 rings (SSSR count). The summed E-state index contributed by atoms with van der Waals surface area (Å²) in [4.78, 5) is 0. The lowest BCUT2D eigenvalue weighted by molar-refractivity contribution is 0.535. The average molecular weight is 238 g/mol. The zero-order chi connectivity index (χ0) is 12.5. The first-order valence-electron chi connectivity index (χ1n) is 6.71. The summed E-state index contributed by atoms with van der Waals surface area (Å²) in [5.74, 6) is 1.16. The molecule has 0 bridgehead atoms. The van der Waals surface area contributed by atoms with Crippen molar-refractivity contribution in [2.24, 2.45) is 0 Å². The Labute approximate surface area is 107 Å². The second-order valence-corrected chi connectivity index (χ2v) is 4.92. The van der Waals surface area contributed by atoms with Crippen LogP contribution in [-0.2, 0) is 6.42 Å². The molecule has 0 aliphatic carbocycles. The Hall–Kier alpha value is -1.76. The van der Waals surface area contributed by atoms with Gasteiger partial charge in [0.05, 0.1) is 0 Å². The molecule has 0 saturated heterocycles. The molecule has 1 heterocycles. The van der Waals surface area contributed by atoms with Crippen LogP contribution in [0, 0.1) is 6.92 Å². The fraction of sp³-hybridized carbons (Fsp3) is 0.294. The summed E-state index contributed by atoms with van der Waals surface area (Å²) in [5, 5.41) is 3.74. The Morgan fingerprint density at radius 1 is 1.00 bits per heavy atom. The monoisotopic (exact) mass is 238 g/mol.